The molecule has 5 rings (SSSR count). The minimum absolute atomic E-state index is 0.0474. The van der Waals surface area contributed by atoms with Crippen molar-refractivity contribution in [2.24, 2.45) is 45.7 Å². The Hall–Kier alpha value is -2.48. The van der Waals surface area contributed by atoms with Gasteiger partial charge < -0.3 is 25.8 Å². The van der Waals surface area contributed by atoms with E-state index in [1.807, 2.05) is 45.0 Å². The van der Waals surface area contributed by atoms with Gasteiger partial charge in [-0.2, -0.15) is 0 Å². The zero-order valence-corrected chi connectivity index (χ0v) is 30.1. The van der Waals surface area contributed by atoms with E-state index in [2.05, 4.69) is 39.8 Å². The molecule has 0 aliphatic heterocycles. The first-order valence-electron chi connectivity index (χ1n) is 17.9. The molecule has 1 aromatic carbocycles. The monoisotopic (exact) mass is 651 g/mol. The molecule has 0 radical (unpaired) electrons. The number of aliphatic carboxylic acids is 1. The Morgan fingerprint density at radius 1 is 1.02 bits per heavy atom. The summed E-state index contributed by atoms with van der Waals surface area (Å²) in [6.07, 6.45) is 7.20. The number of hydrogen-bond donors (Lipinski definition) is 4. The van der Waals surface area contributed by atoms with Crippen molar-refractivity contribution in [3.63, 3.8) is 0 Å². The SMILES string of the molecule is CC(=O)O[C@H]1C[C@@]2(C)[C@@H](C[C@@H](O)C3[C@]2(C)CC[C@H]2[C@H](C)[C@H](O)CC[C@]32C)/C1=C(\CCC=C(C)C)C(=O)O.CC(N)Cc1ccccc1. The third-order valence-electron chi connectivity index (χ3n) is 13.0. The molecule has 4 aliphatic rings. The molecule has 4 saturated carbocycles. The van der Waals surface area contributed by atoms with Crippen molar-refractivity contribution >= 4 is 11.9 Å². The Bertz CT molecular complexity index is 1330. The summed E-state index contributed by atoms with van der Waals surface area (Å²) < 4.78 is 5.87. The zero-order valence-electron chi connectivity index (χ0n) is 30.1. The van der Waals surface area contributed by atoms with Crippen molar-refractivity contribution in [2.75, 3.05) is 0 Å². The Balaban J connectivity index is 0.000000427. The first kappa shape index (κ1) is 37.3. The standard InChI is InChI=1S/C31H48O6.C9H13N/c1-17(2)9-8-10-20(28(35)36)26-22-15-24(34)27-29(5)13-12-23(33)18(3)21(29)11-14-30(27,6)31(22,7)16-25(26)37-19(4)32;1-8(10)7-9-5-3-2-4-6-9/h9,18,21-25,27,33-34H,8,10-16H2,1-7H3,(H,35,36);2-6,8H,7,10H2,1H3/b26-20-;/t18-,21-,22-,23+,24+,25-,27?,29-,30-,31-;/m0./s1. The summed E-state index contributed by atoms with van der Waals surface area (Å²) >= 11 is 0. The van der Waals surface area contributed by atoms with Gasteiger partial charge in [-0.3, -0.25) is 4.79 Å². The second kappa shape index (κ2) is 14.6. The number of nitrogens with two attached hydrogens (primary N) is 1. The van der Waals surface area contributed by atoms with E-state index in [0.717, 1.165) is 43.3 Å². The van der Waals surface area contributed by atoms with Gasteiger partial charge in [0.25, 0.3) is 0 Å². The number of benzene rings is 1. The molecule has 7 nitrogen and oxygen atoms in total. The average molecular weight is 652 g/mol. The molecule has 47 heavy (non-hydrogen) atoms. The number of hydrogen-bond acceptors (Lipinski definition) is 6. The minimum Gasteiger partial charge on any atom is -0.478 e. The van der Waals surface area contributed by atoms with Gasteiger partial charge in [0.15, 0.2) is 0 Å². The number of carbonyl (C=O) groups excluding carboxylic acids is 1. The third-order valence-corrected chi connectivity index (χ3v) is 13.0. The van der Waals surface area contributed by atoms with Gasteiger partial charge in [-0.15, -0.1) is 0 Å². The highest BCUT2D eigenvalue weighted by molar-refractivity contribution is 5.88. The van der Waals surface area contributed by atoms with E-state index in [-0.39, 0.29) is 46.1 Å². The van der Waals surface area contributed by atoms with Crippen LogP contribution in [0.3, 0.4) is 0 Å². The van der Waals surface area contributed by atoms with Crippen LogP contribution < -0.4 is 5.73 Å². The number of fused-ring (bicyclic) bond motifs is 5. The van der Waals surface area contributed by atoms with Gasteiger partial charge in [-0.05, 0) is 130 Å². The molecular weight excluding hydrogens is 590 g/mol. The molecule has 4 aliphatic carbocycles. The fourth-order valence-electron chi connectivity index (χ4n) is 10.8. The molecule has 5 N–H and O–H groups in total. The van der Waals surface area contributed by atoms with Gasteiger partial charge in [-0.1, -0.05) is 69.7 Å². The average Bonchev–Trinajstić information content (AvgIpc) is 3.24. The molecule has 0 amide bonds. The highest BCUT2D eigenvalue weighted by Gasteiger charge is 2.70. The first-order chi connectivity index (χ1) is 22.0. The number of aliphatic hydroxyl groups excluding tert-OH is 2. The lowest BCUT2D eigenvalue weighted by Gasteiger charge is -2.69. The summed E-state index contributed by atoms with van der Waals surface area (Å²) in [4.78, 5) is 24.8. The predicted octanol–water partition coefficient (Wildman–Crippen LogP) is 7.24. The lowest BCUT2D eigenvalue weighted by Crippen LogP contribution is -2.65. The maximum absolute atomic E-state index is 12.6. The van der Waals surface area contributed by atoms with E-state index in [1.54, 1.807) is 0 Å². The largest absolute Gasteiger partial charge is 0.478 e. The molecule has 0 bridgehead atoms. The van der Waals surface area contributed by atoms with E-state index in [1.165, 1.54) is 12.5 Å². The lowest BCUT2D eigenvalue weighted by molar-refractivity contribution is -0.234. The number of esters is 1. The number of rotatable bonds is 7. The second-order valence-electron chi connectivity index (χ2n) is 16.3. The van der Waals surface area contributed by atoms with E-state index in [9.17, 15) is 24.9 Å². The molecule has 0 spiro atoms. The normalized spacial score (nSPS) is 39.2. The van der Waals surface area contributed by atoms with Crippen LogP contribution in [0, 0.1) is 39.9 Å². The summed E-state index contributed by atoms with van der Waals surface area (Å²) in [6.45, 7) is 16.5. The second-order valence-corrected chi connectivity index (χ2v) is 16.3. The molecule has 4 fully saturated rings. The Kier molecular flexibility index (Phi) is 11.6. The topological polar surface area (TPSA) is 130 Å². The summed E-state index contributed by atoms with van der Waals surface area (Å²) in [6, 6.07) is 10.6. The van der Waals surface area contributed by atoms with Gasteiger partial charge in [0.2, 0.25) is 0 Å². The molecule has 11 atom stereocenters. The van der Waals surface area contributed by atoms with Crippen molar-refractivity contribution < 1.29 is 29.6 Å². The van der Waals surface area contributed by atoms with Crippen molar-refractivity contribution in [1.29, 1.82) is 0 Å². The quantitative estimate of drug-likeness (QED) is 0.139. The van der Waals surface area contributed by atoms with Crippen LogP contribution in [0.25, 0.3) is 0 Å². The Morgan fingerprint density at radius 3 is 2.26 bits per heavy atom. The van der Waals surface area contributed by atoms with E-state index in [4.69, 9.17) is 10.5 Å². The number of carboxylic acid groups (broad SMARTS) is 1. The lowest BCUT2D eigenvalue weighted by atomic mass is 9.36. The first-order valence-corrected chi connectivity index (χ1v) is 17.9. The van der Waals surface area contributed by atoms with Crippen molar-refractivity contribution in [1.82, 2.24) is 0 Å². The smallest absolute Gasteiger partial charge is 0.331 e. The highest BCUT2D eigenvalue weighted by atomic mass is 16.5. The molecule has 0 heterocycles. The number of carboxylic acids is 1. The summed E-state index contributed by atoms with van der Waals surface area (Å²) in [7, 11) is 0. The number of ether oxygens (including phenoxy) is 1. The van der Waals surface area contributed by atoms with E-state index in [0.29, 0.717) is 37.2 Å². The number of aliphatic hydroxyl groups is 2. The third kappa shape index (κ3) is 7.28. The molecule has 2 unspecified atom stereocenters. The van der Waals surface area contributed by atoms with Crippen LogP contribution >= 0.6 is 0 Å². The van der Waals surface area contributed by atoms with Crippen LogP contribution in [0.1, 0.15) is 112 Å². The van der Waals surface area contributed by atoms with Crippen LogP contribution in [0.2, 0.25) is 0 Å². The van der Waals surface area contributed by atoms with Crippen LogP contribution in [-0.4, -0.2) is 51.6 Å². The van der Waals surface area contributed by atoms with Gasteiger partial charge in [-0.25, -0.2) is 4.79 Å². The van der Waals surface area contributed by atoms with Crippen LogP contribution in [-0.2, 0) is 20.7 Å². The zero-order chi connectivity index (χ0) is 34.9. The van der Waals surface area contributed by atoms with Crippen LogP contribution in [0.4, 0.5) is 0 Å². The summed E-state index contributed by atoms with van der Waals surface area (Å²) in [5.41, 5.74) is 8.51. The Labute approximate surface area is 283 Å². The predicted molar refractivity (Wildman–Crippen MR) is 186 cm³/mol. The van der Waals surface area contributed by atoms with E-state index >= 15 is 0 Å². The maximum Gasteiger partial charge on any atom is 0.331 e. The fraction of sp³-hybridized carbons (Fsp3) is 0.700. The summed E-state index contributed by atoms with van der Waals surface area (Å²) in [5, 5.41) is 32.9. The van der Waals surface area contributed by atoms with E-state index < -0.39 is 24.1 Å². The van der Waals surface area contributed by atoms with Gasteiger partial charge in [0, 0.05) is 18.5 Å². The molecule has 0 saturated heterocycles. The summed E-state index contributed by atoms with van der Waals surface area (Å²) in [5.74, 6) is -0.909. The van der Waals surface area contributed by atoms with Crippen molar-refractivity contribution in [3.05, 3.63) is 58.7 Å². The molecule has 1 aromatic rings. The van der Waals surface area contributed by atoms with Gasteiger partial charge in [0.1, 0.15) is 6.10 Å². The molecule has 0 aromatic heterocycles. The molecular formula is C40H61NO6. The van der Waals surface area contributed by atoms with Crippen molar-refractivity contribution in [2.45, 2.75) is 138 Å². The van der Waals surface area contributed by atoms with Gasteiger partial charge >= 0.3 is 11.9 Å². The number of carbonyl (C=O) groups is 2. The maximum atomic E-state index is 12.6. The number of allylic oxidation sites excluding steroid dienone is 2. The molecule has 7 heteroatoms. The van der Waals surface area contributed by atoms with Crippen molar-refractivity contribution in [3.8, 4) is 0 Å². The van der Waals surface area contributed by atoms with Crippen LogP contribution in [0.5, 0.6) is 0 Å². The minimum atomic E-state index is -0.953. The Morgan fingerprint density at radius 2 is 1.68 bits per heavy atom. The molecule has 262 valence electrons. The van der Waals surface area contributed by atoms with Crippen LogP contribution in [0.15, 0.2) is 53.1 Å². The fourth-order valence-corrected chi connectivity index (χ4v) is 10.8. The highest BCUT2D eigenvalue weighted by Crippen LogP contribution is 2.74. The van der Waals surface area contributed by atoms with Gasteiger partial charge in [0.05, 0.1) is 12.2 Å².